The van der Waals surface area contributed by atoms with E-state index in [1.807, 2.05) is 0 Å². The smallest absolute Gasteiger partial charge is 0.406 e. The summed E-state index contributed by atoms with van der Waals surface area (Å²) in [6.07, 6.45) is -4.33. The molecule has 1 atom stereocenters. The predicted molar refractivity (Wildman–Crippen MR) is 61.4 cm³/mol. The van der Waals surface area contributed by atoms with E-state index in [2.05, 4.69) is 10.1 Å². The molecule has 6 heteroatoms. The molecule has 0 heterocycles. The number of nitrogens with one attached hydrogen (secondary N) is 1. The number of hydrogen-bond donors (Lipinski definition) is 2. The fraction of sp³-hybridized carbons (Fsp3) is 0.500. The van der Waals surface area contributed by atoms with E-state index in [0.29, 0.717) is 13.0 Å². The van der Waals surface area contributed by atoms with E-state index in [1.165, 1.54) is 24.3 Å². The fourth-order valence-electron chi connectivity index (χ4n) is 1.69. The third-order valence-electron chi connectivity index (χ3n) is 2.30. The van der Waals surface area contributed by atoms with Crippen molar-refractivity contribution in [3.63, 3.8) is 0 Å². The van der Waals surface area contributed by atoms with Gasteiger partial charge in [0.2, 0.25) is 0 Å². The third-order valence-corrected chi connectivity index (χ3v) is 2.30. The molecule has 3 nitrogen and oxygen atoms in total. The highest BCUT2D eigenvalue weighted by molar-refractivity contribution is 5.28. The second kappa shape index (κ2) is 5.58. The Hall–Kier alpha value is -1.27. The van der Waals surface area contributed by atoms with Crippen molar-refractivity contribution in [1.29, 1.82) is 0 Å². The van der Waals surface area contributed by atoms with Gasteiger partial charge in [-0.05, 0) is 31.7 Å². The lowest BCUT2D eigenvalue weighted by Gasteiger charge is -2.23. The Morgan fingerprint density at radius 2 is 1.78 bits per heavy atom. The van der Waals surface area contributed by atoms with Crippen LogP contribution >= 0.6 is 0 Å². The summed E-state index contributed by atoms with van der Waals surface area (Å²) >= 11 is 0. The summed E-state index contributed by atoms with van der Waals surface area (Å²) in [7, 11) is 1.72. The predicted octanol–water partition coefficient (Wildman–Crippen LogP) is 2.10. The van der Waals surface area contributed by atoms with Gasteiger partial charge in [0.1, 0.15) is 5.75 Å². The molecule has 0 aromatic heterocycles. The van der Waals surface area contributed by atoms with Crippen molar-refractivity contribution in [1.82, 2.24) is 5.32 Å². The molecule has 1 rings (SSSR count). The maximum Gasteiger partial charge on any atom is 0.573 e. The zero-order valence-electron chi connectivity index (χ0n) is 10.2. The molecule has 1 aromatic rings. The molecule has 2 N–H and O–H groups in total. The molecule has 0 aliphatic heterocycles. The molecule has 1 aromatic carbocycles. The van der Waals surface area contributed by atoms with Crippen LogP contribution in [0.5, 0.6) is 5.75 Å². The highest BCUT2D eigenvalue weighted by atomic mass is 19.4. The Bertz CT molecular complexity index is 374. The standard InChI is InChI=1S/C12H16F3NO2/c1-11(17,8-16-2)7-9-3-5-10(6-4-9)18-12(13,14)15/h3-6,16-17H,7-8H2,1-2H3. The van der Waals surface area contributed by atoms with Crippen molar-refractivity contribution in [3.8, 4) is 5.75 Å². The van der Waals surface area contributed by atoms with Gasteiger partial charge in [-0.2, -0.15) is 0 Å². The van der Waals surface area contributed by atoms with Crippen LogP contribution in [0.2, 0.25) is 0 Å². The number of halogens is 3. The highest BCUT2D eigenvalue weighted by Crippen LogP contribution is 2.23. The molecular weight excluding hydrogens is 247 g/mol. The van der Waals surface area contributed by atoms with Crippen LogP contribution in [0.1, 0.15) is 12.5 Å². The van der Waals surface area contributed by atoms with Crippen LogP contribution in [0.15, 0.2) is 24.3 Å². The van der Waals surface area contributed by atoms with E-state index in [9.17, 15) is 18.3 Å². The maximum atomic E-state index is 11.9. The van der Waals surface area contributed by atoms with Crippen molar-refractivity contribution in [2.75, 3.05) is 13.6 Å². The van der Waals surface area contributed by atoms with E-state index in [1.54, 1.807) is 14.0 Å². The summed E-state index contributed by atoms with van der Waals surface area (Å²) in [6.45, 7) is 2.05. The van der Waals surface area contributed by atoms with Gasteiger partial charge >= 0.3 is 6.36 Å². The van der Waals surface area contributed by atoms with Crippen molar-refractivity contribution < 1.29 is 23.0 Å². The molecule has 0 amide bonds. The van der Waals surface area contributed by atoms with Gasteiger partial charge in [0, 0.05) is 13.0 Å². The van der Waals surface area contributed by atoms with Crippen LogP contribution in [-0.2, 0) is 6.42 Å². The summed E-state index contributed by atoms with van der Waals surface area (Å²) in [5, 5.41) is 12.8. The minimum Gasteiger partial charge on any atom is -0.406 e. The second-order valence-corrected chi connectivity index (χ2v) is 4.40. The number of ether oxygens (including phenoxy) is 1. The molecule has 1 unspecified atom stereocenters. The lowest BCUT2D eigenvalue weighted by molar-refractivity contribution is -0.274. The minimum absolute atomic E-state index is 0.264. The van der Waals surface area contributed by atoms with E-state index in [-0.39, 0.29) is 5.75 Å². The fourth-order valence-corrected chi connectivity index (χ4v) is 1.69. The third kappa shape index (κ3) is 5.37. The van der Waals surface area contributed by atoms with Crippen LogP contribution in [0.3, 0.4) is 0 Å². The number of hydrogen-bond acceptors (Lipinski definition) is 3. The first-order valence-electron chi connectivity index (χ1n) is 5.43. The topological polar surface area (TPSA) is 41.5 Å². The average Bonchev–Trinajstić information content (AvgIpc) is 2.18. The lowest BCUT2D eigenvalue weighted by atomic mass is 9.96. The molecule has 18 heavy (non-hydrogen) atoms. The van der Waals surface area contributed by atoms with Gasteiger partial charge in [-0.3, -0.25) is 0 Å². The molecule has 0 fully saturated rings. The van der Waals surface area contributed by atoms with Crippen LogP contribution in [0, 0.1) is 0 Å². The SMILES string of the molecule is CNCC(C)(O)Cc1ccc(OC(F)(F)F)cc1. The van der Waals surface area contributed by atoms with Gasteiger partial charge in [0.15, 0.2) is 0 Å². The Morgan fingerprint density at radius 1 is 1.22 bits per heavy atom. The van der Waals surface area contributed by atoms with Gasteiger partial charge in [-0.1, -0.05) is 12.1 Å². The number of benzene rings is 1. The van der Waals surface area contributed by atoms with Gasteiger partial charge < -0.3 is 15.2 Å². The Morgan fingerprint density at radius 3 is 2.22 bits per heavy atom. The summed E-state index contributed by atoms with van der Waals surface area (Å²) in [5.74, 6) is -0.264. The van der Waals surface area contributed by atoms with E-state index >= 15 is 0 Å². The number of likely N-dealkylation sites (N-methyl/N-ethyl adjacent to an activating group) is 1. The van der Waals surface area contributed by atoms with E-state index in [4.69, 9.17) is 0 Å². The molecule has 102 valence electrons. The molecule has 0 saturated heterocycles. The first kappa shape index (κ1) is 14.8. The monoisotopic (exact) mass is 263 g/mol. The normalized spacial score (nSPS) is 15.2. The quantitative estimate of drug-likeness (QED) is 0.854. The zero-order valence-corrected chi connectivity index (χ0v) is 10.2. The number of aliphatic hydroxyl groups is 1. The van der Waals surface area contributed by atoms with Gasteiger partial charge in [-0.15, -0.1) is 13.2 Å². The van der Waals surface area contributed by atoms with Crippen LogP contribution in [0.4, 0.5) is 13.2 Å². The summed E-state index contributed by atoms with van der Waals surface area (Å²) in [5.41, 5.74) is -0.203. The van der Waals surface area contributed by atoms with Crippen molar-refractivity contribution >= 4 is 0 Å². The molecular formula is C12H16F3NO2. The average molecular weight is 263 g/mol. The van der Waals surface area contributed by atoms with E-state index < -0.39 is 12.0 Å². The Kier molecular flexibility index (Phi) is 4.59. The summed E-state index contributed by atoms with van der Waals surface area (Å²) < 4.78 is 39.6. The molecule has 0 spiro atoms. The highest BCUT2D eigenvalue weighted by Gasteiger charge is 2.31. The molecule has 0 aliphatic carbocycles. The van der Waals surface area contributed by atoms with Gasteiger partial charge in [0.05, 0.1) is 5.60 Å². The Labute approximate surface area is 104 Å². The zero-order chi connectivity index (χ0) is 13.8. The largest absolute Gasteiger partial charge is 0.573 e. The van der Waals surface area contributed by atoms with Gasteiger partial charge in [0.25, 0.3) is 0 Å². The van der Waals surface area contributed by atoms with Crippen molar-refractivity contribution in [2.45, 2.75) is 25.3 Å². The van der Waals surface area contributed by atoms with Crippen molar-refractivity contribution in [2.24, 2.45) is 0 Å². The minimum atomic E-state index is -4.68. The van der Waals surface area contributed by atoms with E-state index in [0.717, 1.165) is 5.56 Å². The molecule has 0 saturated carbocycles. The summed E-state index contributed by atoms with van der Waals surface area (Å²) in [6, 6.07) is 5.48. The second-order valence-electron chi connectivity index (χ2n) is 4.40. The lowest BCUT2D eigenvalue weighted by Crippen LogP contribution is -2.38. The first-order valence-corrected chi connectivity index (χ1v) is 5.43. The number of alkyl halides is 3. The molecule has 0 bridgehead atoms. The van der Waals surface area contributed by atoms with Crippen molar-refractivity contribution in [3.05, 3.63) is 29.8 Å². The molecule has 0 aliphatic rings. The van der Waals surface area contributed by atoms with Crippen LogP contribution < -0.4 is 10.1 Å². The van der Waals surface area contributed by atoms with Crippen LogP contribution in [0.25, 0.3) is 0 Å². The summed E-state index contributed by atoms with van der Waals surface area (Å²) in [4.78, 5) is 0. The maximum absolute atomic E-state index is 11.9. The number of rotatable bonds is 5. The van der Waals surface area contributed by atoms with Gasteiger partial charge in [-0.25, -0.2) is 0 Å². The van der Waals surface area contributed by atoms with Crippen LogP contribution in [-0.4, -0.2) is 30.7 Å². The molecule has 0 radical (unpaired) electrons. The Balaban J connectivity index is 2.66. The first-order chi connectivity index (χ1) is 8.22.